The fraction of sp³-hybridized carbons (Fsp3) is 0.390. The molecule has 2 fully saturated rings. The van der Waals surface area contributed by atoms with E-state index in [-0.39, 0.29) is 48.2 Å². The van der Waals surface area contributed by atoms with Crippen molar-refractivity contribution in [2.24, 2.45) is 17.3 Å². The Morgan fingerprint density at radius 3 is 2.04 bits per heavy atom. The first-order chi connectivity index (χ1) is 24.1. The highest BCUT2D eigenvalue weighted by atomic mass is 127. The Labute approximate surface area is 309 Å². The number of carbonyl (C=O) groups is 3. The van der Waals surface area contributed by atoms with Crippen LogP contribution in [0.4, 0.5) is 24.5 Å². The molecule has 10 heteroatoms. The molecule has 6 nitrogen and oxygen atoms in total. The van der Waals surface area contributed by atoms with Gasteiger partial charge in [-0.2, -0.15) is 8.78 Å². The number of aliphatic hydroxyl groups is 1. The maximum absolute atomic E-state index is 16.0. The fourth-order valence-electron chi connectivity index (χ4n) is 9.34. The molecule has 266 valence electrons. The van der Waals surface area contributed by atoms with E-state index in [0.717, 1.165) is 51.8 Å². The third kappa shape index (κ3) is 6.05. The molecular weight excluding hydrogens is 768 g/mol. The summed E-state index contributed by atoms with van der Waals surface area (Å²) >= 11 is 1.11. The van der Waals surface area contributed by atoms with Crippen molar-refractivity contribution in [1.82, 2.24) is 0 Å². The number of amides is 2. The minimum absolute atomic E-state index is 0.0876. The second kappa shape index (κ2) is 13.0. The molecule has 0 saturated heterocycles. The summed E-state index contributed by atoms with van der Waals surface area (Å²) in [5.41, 5.74) is 2.23. The summed E-state index contributed by atoms with van der Waals surface area (Å²) in [5, 5.41) is 17.7. The third-order valence-electron chi connectivity index (χ3n) is 12.0. The van der Waals surface area contributed by atoms with Crippen molar-refractivity contribution in [2.75, 3.05) is 10.6 Å². The summed E-state index contributed by atoms with van der Waals surface area (Å²) < 4.78 is 44.3. The molecule has 0 radical (unpaired) electrons. The molecule has 6 atom stereocenters. The highest BCUT2D eigenvalue weighted by molar-refractivity contribution is 14.1. The molecule has 3 aromatic carbocycles. The van der Waals surface area contributed by atoms with Crippen LogP contribution >= 0.6 is 22.6 Å². The number of allylic oxidation sites excluding steroid dienone is 4. The molecule has 0 aliphatic heterocycles. The van der Waals surface area contributed by atoms with Gasteiger partial charge in [0.05, 0.1) is 0 Å². The van der Waals surface area contributed by atoms with Crippen LogP contribution in [0.15, 0.2) is 102 Å². The van der Waals surface area contributed by atoms with Crippen molar-refractivity contribution < 1.29 is 32.7 Å². The molecule has 0 spiro atoms. The first kappa shape index (κ1) is 35.6. The lowest BCUT2D eigenvalue weighted by Crippen LogP contribution is -2.65. The smallest absolute Gasteiger partial charge is 0.318 e. The first-order valence-electron chi connectivity index (χ1n) is 17.5. The highest BCUT2D eigenvalue weighted by Crippen LogP contribution is 2.70. The zero-order valence-corrected chi connectivity index (χ0v) is 30.6. The molecule has 7 rings (SSSR count). The fourth-order valence-corrected chi connectivity index (χ4v) is 9.79. The topological polar surface area (TPSA) is 95.5 Å². The zero-order chi connectivity index (χ0) is 36.3. The maximum atomic E-state index is 16.0. The summed E-state index contributed by atoms with van der Waals surface area (Å²) in [4.78, 5) is 38.3. The lowest BCUT2D eigenvalue weighted by molar-refractivity contribution is -0.262. The number of hydrogen-bond donors (Lipinski definition) is 3. The molecule has 3 unspecified atom stereocenters. The van der Waals surface area contributed by atoms with Gasteiger partial charge in [0.15, 0.2) is 5.78 Å². The second-order valence-electron chi connectivity index (χ2n) is 14.8. The SMILES string of the molecule is CC(F)(I)C(F)(F)[C@]1(O)CC[C@H]2C3CCC4=CC(=O)CCC4=C3[C@@H](c3ccc(C(=O)Nc4ccc(C(=O)Nc5ccccc5)cc4)cc3)CC21C. The molecule has 2 amide bonds. The Balaban J connectivity index is 1.16. The summed E-state index contributed by atoms with van der Waals surface area (Å²) in [6.07, 6.45) is 4.37. The van der Waals surface area contributed by atoms with Crippen LogP contribution in [-0.4, -0.2) is 37.9 Å². The predicted octanol–water partition coefficient (Wildman–Crippen LogP) is 9.58. The number of hydrogen-bond acceptors (Lipinski definition) is 4. The van der Waals surface area contributed by atoms with Crippen molar-refractivity contribution in [2.45, 2.75) is 79.9 Å². The zero-order valence-electron chi connectivity index (χ0n) is 28.4. The van der Waals surface area contributed by atoms with Gasteiger partial charge in [0.1, 0.15) is 5.60 Å². The van der Waals surface area contributed by atoms with Gasteiger partial charge in [-0.3, -0.25) is 14.4 Å². The van der Waals surface area contributed by atoms with Gasteiger partial charge in [-0.15, -0.1) is 0 Å². The van der Waals surface area contributed by atoms with Gasteiger partial charge < -0.3 is 15.7 Å². The summed E-state index contributed by atoms with van der Waals surface area (Å²) in [6, 6.07) is 22.7. The Bertz CT molecular complexity index is 1940. The van der Waals surface area contributed by atoms with Crippen LogP contribution in [0.5, 0.6) is 0 Å². The number of ketones is 1. The minimum Gasteiger partial charge on any atom is -0.383 e. The molecule has 2 saturated carbocycles. The summed E-state index contributed by atoms with van der Waals surface area (Å²) in [5.74, 6) is -5.28. The molecular formula is C41H40F3IN2O4. The highest BCUT2D eigenvalue weighted by Gasteiger charge is 2.75. The van der Waals surface area contributed by atoms with Gasteiger partial charge in [0, 0.05) is 40.3 Å². The van der Waals surface area contributed by atoms with Crippen molar-refractivity contribution in [1.29, 1.82) is 0 Å². The van der Waals surface area contributed by atoms with Gasteiger partial charge in [-0.25, -0.2) is 4.39 Å². The number of anilines is 2. The van der Waals surface area contributed by atoms with Crippen LogP contribution in [0.2, 0.25) is 0 Å². The first-order valence-corrected chi connectivity index (χ1v) is 18.5. The van der Waals surface area contributed by atoms with Crippen molar-refractivity contribution in [3.05, 3.63) is 118 Å². The predicted molar refractivity (Wildman–Crippen MR) is 199 cm³/mol. The Kier molecular flexibility index (Phi) is 9.09. The number of para-hydroxylation sites is 1. The van der Waals surface area contributed by atoms with Crippen LogP contribution in [0.3, 0.4) is 0 Å². The Hall–Kier alpha value is -3.77. The van der Waals surface area contributed by atoms with Gasteiger partial charge >= 0.3 is 5.92 Å². The molecule has 0 aromatic heterocycles. The van der Waals surface area contributed by atoms with Crippen molar-refractivity contribution >= 4 is 51.6 Å². The van der Waals surface area contributed by atoms with E-state index in [1.165, 1.54) is 0 Å². The molecule has 4 aliphatic rings. The van der Waals surface area contributed by atoms with Crippen LogP contribution in [0.25, 0.3) is 0 Å². The summed E-state index contributed by atoms with van der Waals surface area (Å²) in [7, 11) is 0. The average Bonchev–Trinajstić information content (AvgIpc) is 3.39. The maximum Gasteiger partial charge on any atom is 0.318 e. The van der Waals surface area contributed by atoms with E-state index in [2.05, 4.69) is 10.6 Å². The van der Waals surface area contributed by atoms with Gasteiger partial charge in [-0.1, -0.05) is 42.8 Å². The number of fused-ring (bicyclic) bond motifs is 4. The summed E-state index contributed by atoms with van der Waals surface area (Å²) in [6.45, 7) is 2.54. The monoisotopic (exact) mass is 808 g/mol. The van der Waals surface area contributed by atoms with E-state index in [0.29, 0.717) is 54.6 Å². The number of alkyl halides is 4. The van der Waals surface area contributed by atoms with E-state index in [9.17, 15) is 19.5 Å². The molecule has 51 heavy (non-hydrogen) atoms. The van der Waals surface area contributed by atoms with Gasteiger partial charge in [0.25, 0.3) is 11.8 Å². The largest absolute Gasteiger partial charge is 0.383 e. The molecule has 3 aromatic rings. The molecule has 0 heterocycles. The Morgan fingerprint density at radius 2 is 1.43 bits per heavy atom. The normalized spacial score (nSPS) is 28.5. The third-order valence-corrected chi connectivity index (χ3v) is 12.6. The van der Waals surface area contributed by atoms with E-state index in [1.54, 1.807) is 61.5 Å². The standard InChI is InChI=1S/C41H40F3IN2O4/c1-38-23-33(24-8-10-25(11-9-24)36(49)47-29-15-12-26(13-16-29)37(50)46-28-6-4-3-5-7-28)35-31-19-17-30(48)22-27(31)14-18-32(35)34(38)20-21-40(38,51)41(43,44)39(2,42)45/h3-13,15-16,22,32-34,51H,14,17-21,23H2,1-2H3,(H,46,50)(H,47,49)/t32?,33-,34+,38?,39?,40+/m1/s1. The number of halogens is 4. The lowest BCUT2D eigenvalue weighted by Gasteiger charge is -2.56. The van der Waals surface area contributed by atoms with Crippen molar-refractivity contribution in [3.63, 3.8) is 0 Å². The van der Waals surface area contributed by atoms with E-state index < -0.39 is 20.6 Å². The van der Waals surface area contributed by atoms with Crippen LogP contribution in [0, 0.1) is 17.3 Å². The average molecular weight is 809 g/mol. The molecule has 0 bridgehead atoms. The minimum atomic E-state index is -4.00. The van der Waals surface area contributed by atoms with Gasteiger partial charge in [-0.05, 0) is 151 Å². The van der Waals surface area contributed by atoms with E-state index in [1.807, 2.05) is 30.3 Å². The number of nitrogens with one attached hydrogen (secondary N) is 2. The van der Waals surface area contributed by atoms with Crippen LogP contribution in [0.1, 0.15) is 91.0 Å². The number of rotatable bonds is 7. The van der Waals surface area contributed by atoms with Crippen molar-refractivity contribution in [3.8, 4) is 0 Å². The number of benzene rings is 3. The van der Waals surface area contributed by atoms with Gasteiger partial charge in [0.2, 0.25) is 3.68 Å². The second-order valence-corrected chi connectivity index (χ2v) is 16.9. The molecule has 4 aliphatic carbocycles. The van der Waals surface area contributed by atoms with E-state index in [4.69, 9.17) is 0 Å². The lowest BCUT2D eigenvalue weighted by atomic mass is 9.50. The van der Waals surface area contributed by atoms with E-state index >= 15 is 13.2 Å². The van der Waals surface area contributed by atoms with Crippen LogP contribution in [-0.2, 0) is 4.79 Å². The molecule has 3 N–H and O–H groups in total. The Morgan fingerprint density at radius 1 is 0.843 bits per heavy atom. The quantitative estimate of drug-likeness (QED) is 0.164. The van der Waals surface area contributed by atoms with Crippen LogP contribution < -0.4 is 10.6 Å². The number of carbonyl (C=O) groups excluding carboxylic acids is 3.